The molecule has 20 heavy (non-hydrogen) atoms. The van der Waals surface area contributed by atoms with E-state index in [-0.39, 0.29) is 6.67 Å². The molecule has 2 fully saturated rings. The molecule has 1 saturated carbocycles. The van der Waals surface area contributed by atoms with Gasteiger partial charge in [-0.25, -0.2) is 4.98 Å². The van der Waals surface area contributed by atoms with Crippen LogP contribution in [0.25, 0.3) is 11.0 Å². The molecule has 2 aliphatic rings. The van der Waals surface area contributed by atoms with Crippen LogP contribution < -0.4 is 0 Å². The van der Waals surface area contributed by atoms with Crippen molar-refractivity contribution in [2.75, 3.05) is 19.8 Å². The Morgan fingerprint density at radius 3 is 2.70 bits per heavy atom. The van der Waals surface area contributed by atoms with E-state index in [0.717, 1.165) is 37.5 Å². The Morgan fingerprint density at radius 2 is 2.00 bits per heavy atom. The summed E-state index contributed by atoms with van der Waals surface area (Å²) in [6, 6.07) is 8.31. The highest BCUT2D eigenvalue weighted by Crippen LogP contribution is 2.51. The van der Waals surface area contributed by atoms with Crippen molar-refractivity contribution < 1.29 is 4.39 Å². The van der Waals surface area contributed by atoms with Crippen LogP contribution in [0, 0.1) is 17.8 Å². The van der Waals surface area contributed by atoms with Crippen LogP contribution in [0.1, 0.15) is 12.7 Å². The van der Waals surface area contributed by atoms with Gasteiger partial charge in [-0.3, -0.25) is 9.29 Å². The van der Waals surface area contributed by atoms with Gasteiger partial charge in [0.05, 0.1) is 24.3 Å². The normalized spacial score (nSPS) is 29.0. The minimum Gasteiger partial charge on any atom is -0.327 e. The third-order valence-electron chi connectivity index (χ3n) is 5.04. The summed E-state index contributed by atoms with van der Waals surface area (Å²) in [5.41, 5.74) is 2.30. The zero-order valence-corrected chi connectivity index (χ0v) is 11.8. The van der Waals surface area contributed by atoms with Crippen LogP contribution in [0.3, 0.4) is 0 Å². The molecular weight excluding hydrogens is 253 g/mol. The molecule has 0 bridgehead atoms. The van der Waals surface area contributed by atoms with Gasteiger partial charge in [0.1, 0.15) is 5.82 Å². The van der Waals surface area contributed by atoms with Crippen molar-refractivity contribution in [3.63, 3.8) is 0 Å². The van der Waals surface area contributed by atoms with Gasteiger partial charge in [0, 0.05) is 19.6 Å². The summed E-state index contributed by atoms with van der Waals surface area (Å²) in [6.45, 7) is 5.98. The van der Waals surface area contributed by atoms with Crippen molar-refractivity contribution in [2.24, 2.45) is 17.8 Å². The monoisotopic (exact) mass is 273 g/mol. The van der Waals surface area contributed by atoms with Gasteiger partial charge in [-0.05, 0) is 36.8 Å². The number of para-hydroxylation sites is 2. The number of rotatable bonds is 4. The molecule has 3 nitrogen and oxygen atoms in total. The molecule has 0 radical (unpaired) electrons. The van der Waals surface area contributed by atoms with Gasteiger partial charge in [0.2, 0.25) is 0 Å². The molecule has 1 aliphatic heterocycles. The number of likely N-dealkylation sites (tertiary alicyclic amines) is 1. The third kappa shape index (κ3) is 1.78. The number of nitrogens with zero attached hydrogens (tertiary/aromatic N) is 3. The number of imidazole rings is 1. The number of benzene rings is 1. The number of aryl methyl sites for hydroxylation is 1. The number of alkyl halides is 1. The predicted octanol–water partition coefficient (Wildman–Crippen LogP) is 2.70. The molecule has 2 aromatic rings. The number of halogens is 1. The van der Waals surface area contributed by atoms with Gasteiger partial charge in [0.15, 0.2) is 0 Å². The lowest BCUT2D eigenvalue weighted by atomic mass is 10.3. The third-order valence-corrected chi connectivity index (χ3v) is 5.04. The Morgan fingerprint density at radius 1 is 1.25 bits per heavy atom. The lowest BCUT2D eigenvalue weighted by molar-refractivity contribution is 0.255. The van der Waals surface area contributed by atoms with E-state index in [0.29, 0.717) is 17.8 Å². The maximum absolute atomic E-state index is 12.7. The van der Waals surface area contributed by atoms with E-state index in [1.54, 1.807) is 0 Å². The standard InChI is InChI=1S/C16H20FN3/c1-2-20-15-6-4-3-5-14(15)18-16(20)10-19-8-12-11(7-17)13(12)9-19/h3-6,11-13H,2,7-10H2,1H3/t11?,12-,13+. The highest BCUT2D eigenvalue weighted by Gasteiger charge is 2.55. The van der Waals surface area contributed by atoms with Crippen molar-refractivity contribution in [3.8, 4) is 0 Å². The average molecular weight is 273 g/mol. The van der Waals surface area contributed by atoms with Gasteiger partial charge >= 0.3 is 0 Å². The largest absolute Gasteiger partial charge is 0.327 e. The molecule has 1 aromatic heterocycles. The molecule has 2 heterocycles. The summed E-state index contributed by atoms with van der Waals surface area (Å²) in [5.74, 6) is 2.72. The lowest BCUT2D eigenvalue weighted by Gasteiger charge is -2.18. The molecule has 106 valence electrons. The van der Waals surface area contributed by atoms with E-state index in [9.17, 15) is 4.39 Å². The average Bonchev–Trinajstić information content (AvgIpc) is 2.83. The summed E-state index contributed by atoms with van der Waals surface area (Å²) in [5, 5.41) is 0. The fourth-order valence-electron chi connectivity index (χ4n) is 3.89. The summed E-state index contributed by atoms with van der Waals surface area (Å²) in [6.07, 6.45) is 0. The lowest BCUT2D eigenvalue weighted by Crippen LogP contribution is -2.26. The van der Waals surface area contributed by atoms with E-state index in [1.807, 2.05) is 6.07 Å². The summed E-state index contributed by atoms with van der Waals surface area (Å²) in [4.78, 5) is 7.21. The first-order chi connectivity index (χ1) is 9.81. The fraction of sp³-hybridized carbons (Fsp3) is 0.562. The molecule has 0 N–H and O–H groups in total. The Hall–Kier alpha value is -1.42. The van der Waals surface area contributed by atoms with Crippen LogP contribution in [-0.4, -0.2) is 34.2 Å². The van der Waals surface area contributed by atoms with Gasteiger partial charge in [0.25, 0.3) is 0 Å². The second-order valence-electron chi connectivity index (χ2n) is 6.10. The first-order valence-electron chi connectivity index (χ1n) is 7.54. The van der Waals surface area contributed by atoms with E-state index in [4.69, 9.17) is 4.98 Å². The van der Waals surface area contributed by atoms with Crippen molar-refractivity contribution in [3.05, 3.63) is 30.1 Å². The van der Waals surface area contributed by atoms with Crippen LogP contribution in [0.5, 0.6) is 0 Å². The molecular formula is C16H20FN3. The van der Waals surface area contributed by atoms with Crippen molar-refractivity contribution in [1.29, 1.82) is 0 Å². The van der Waals surface area contributed by atoms with Crippen molar-refractivity contribution in [1.82, 2.24) is 14.5 Å². The molecule has 4 heteroatoms. The van der Waals surface area contributed by atoms with Crippen LogP contribution in [0.2, 0.25) is 0 Å². The van der Waals surface area contributed by atoms with Crippen LogP contribution >= 0.6 is 0 Å². The number of aromatic nitrogens is 2. The maximum atomic E-state index is 12.7. The minimum absolute atomic E-state index is 0.128. The SMILES string of the molecule is CCn1c(CN2C[C@@H]3C(CF)[C@@H]3C2)nc2ccccc21. The smallest absolute Gasteiger partial charge is 0.124 e. The van der Waals surface area contributed by atoms with Crippen LogP contribution in [-0.2, 0) is 13.1 Å². The molecule has 1 aromatic carbocycles. The predicted molar refractivity (Wildman–Crippen MR) is 77.1 cm³/mol. The van der Waals surface area contributed by atoms with Gasteiger partial charge in [-0.15, -0.1) is 0 Å². The Kier molecular flexibility index (Phi) is 2.81. The molecule has 1 unspecified atom stereocenters. The van der Waals surface area contributed by atoms with E-state index < -0.39 is 0 Å². The van der Waals surface area contributed by atoms with Crippen LogP contribution in [0.4, 0.5) is 4.39 Å². The summed E-state index contributed by atoms with van der Waals surface area (Å²) < 4.78 is 15.0. The molecule has 3 atom stereocenters. The first kappa shape index (κ1) is 12.3. The van der Waals surface area contributed by atoms with Crippen LogP contribution in [0.15, 0.2) is 24.3 Å². The zero-order chi connectivity index (χ0) is 13.7. The highest BCUT2D eigenvalue weighted by molar-refractivity contribution is 5.75. The molecule has 1 aliphatic carbocycles. The number of fused-ring (bicyclic) bond motifs is 2. The summed E-state index contributed by atoms with van der Waals surface area (Å²) >= 11 is 0. The molecule has 4 rings (SSSR count). The number of hydrogen-bond acceptors (Lipinski definition) is 2. The highest BCUT2D eigenvalue weighted by atomic mass is 19.1. The van der Waals surface area contributed by atoms with E-state index >= 15 is 0 Å². The van der Waals surface area contributed by atoms with E-state index in [2.05, 4.69) is 34.6 Å². The minimum atomic E-state index is -0.128. The zero-order valence-electron chi connectivity index (χ0n) is 11.8. The van der Waals surface area contributed by atoms with Crippen molar-refractivity contribution >= 4 is 11.0 Å². The number of piperidine rings is 1. The Balaban J connectivity index is 1.55. The topological polar surface area (TPSA) is 21.1 Å². The quantitative estimate of drug-likeness (QED) is 0.854. The maximum Gasteiger partial charge on any atom is 0.124 e. The second kappa shape index (κ2) is 4.55. The fourth-order valence-corrected chi connectivity index (χ4v) is 3.89. The van der Waals surface area contributed by atoms with Gasteiger partial charge in [-0.1, -0.05) is 12.1 Å². The Labute approximate surface area is 118 Å². The van der Waals surface area contributed by atoms with Crippen molar-refractivity contribution in [2.45, 2.75) is 20.0 Å². The molecule has 1 saturated heterocycles. The van der Waals surface area contributed by atoms with Gasteiger partial charge < -0.3 is 4.57 Å². The number of hydrogen-bond donors (Lipinski definition) is 0. The van der Waals surface area contributed by atoms with E-state index in [1.165, 1.54) is 5.52 Å². The molecule has 0 spiro atoms. The first-order valence-corrected chi connectivity index (χ1v) is 7.54. The Bertz CT molecular complexity index is 624. The molecule has 0 amide bonds. The second-order valence-corrected chi connectivity index (χ2v) is 6.10. The summed E-state index contributed by atoms with van der Waals surface area (Å²) in [7, 11) is 0. The van der Waals surface area contributed by atoms with Gasteiger partial charge in [-0.2, -0.15) is 0 Å².